The third-order valence-electron chi connectivity index (χ3n) is 5.71. The Hall–Kier alpha value is -2.55. The fraction of sp³-hybridized carbons (Fsp3) is 0.571. The molecule has 27 heavy (non-hydrogen) atoms. The summed E-state index contributed by atoms with van der Waals surface area (Å²) in [6.07, 6.45) is 6.76. The predicted molar refractivity (Wildman–Crippen MR) is 101 cm³/mol. The zero-order chi connectivity index (χ0) is 19.2. The number of benzene rings is 1. The number of carbonyl (C=O) groups is 2. The van der Waals surface area contributed by atoms with Crippen LogP contribution in [0.25, 0.3) is 0 Å². The lowest BCUT2D eigenvalue weighted by Gasteiger charge is -2.33. The number of carbonyl (C=O) groups excluding carboxylic acids is 2. The number of nitrogens with zero attached hydrogens (tertiary/aromatic N) is 2. The van der Waals surface area contributed by atoms with Crippen molar-refractivity contribution in [1.29, 1.82) is 5.26 Å². The lowest BCUT2D eigenvalue weighted by atomic mass is 9.83. The summed E-state index contributed by atoms with van der Waals surface area (Å²) in [7, 11) is 1.58. The van der Waals surface area contributed by atoms with Gasteiger partial charge in [0.1, 0.15) is 17.8 Å². The van der Waals surface area contributed by atoms with E-state index >= 15 is 0 Å². The highest BCUT2D eigenvalue weighted by atomic mass is 16.5. The normalized spacial score (nSPS) is 21.3. The Bertz CT molecular complexity index is 704. The van der Waals surface area contributed by atoms with Crippen LogP contribution in [0.5, 0.6) is 5.75 Å². The molecule has 1 aliphatic carbocycles. The molecule has 3 rings (SSSR count). The Kier molecular flexibility index (Phi) is 6.33. The molecule has 1 saturated heterocycles. The third-order valence-corrected chi connectivity index (χ3v) is 5.71. The highest BCUT2D eigenvalue weighted by Crippen LogP contribution is 2.29. The van der Waals surface area contributed by atoms with Crippen molar-refractivity contribution in [3.63, 3.8) is 0 Å². The van der Waals surface area contributed by atoms with Crippen molar-refractivity contribution in [3.05, 3.63) is 29.8 Å². The summed E-state index contributed by atoms with van der Waals surface area (Å²) in [4.78, 5) is 27.7. The standard InChI is InChI=1S/C21H27N3O3/c1-27-18-11-9-16(10-12-18)20(25)23-19(15-6-3-2-4-7-15)21(26)24-13-5-8-17(24)14-22/h9-12,15,17,19H,2-8,13H2,1H3,(H,23,25)/t17?,19-/m0/s1. The first kappa shape index (κ1) is 19.2. The number of methoxy groups -OCH3 is 1. The first-order valence-electron chi connectivity index (χ1n) is 9.79. The van der Waals surface area contributed by atoms with Gasteiger partial charge >= 0.3 is 0 Å². The maximum atomic E-state index is 13.2. The van der Waals surface area contributed by atoms with Crippen LogP contribution in [0.1, 0.15) is 55.3 Å². The van der Waals surface area contributed by atoms with Crippen LogP contribution in [0, 0.1) is 17.2 Å². The summed E-state index contributed by atoms with van der Waals surface area (Å²) in [5, 5.41) is 12.3. The molecule has 6 nitrogen and oxygen atoms in total. The van der Waals surface area contributed by atoms with Crippen LogP contribution in [0.4, 0.5) is 0 Å². The molecule has 1 aromatic rings. The van der Waals surface area contributed by atoms with Crippen LogP contribution < -0.4 is 10.1 Å². The molecule has 1 heterocycles. The summed E-state index contributed by atoms with van der Waals surface area (Å²) in [5.74, 6) is 0.455. The molecule has 2 fully saturated rings. The van der Waals surface area contributed by atoms with E-state index in [1.54, 1.807) is 36.3 Å². The lowest BCUT2D eigenvalue weighted by molar-refractivity contribution is -0.135. The molecule has 0 bridgehead atoms. The summed E-state index contributed by atoms with van der Waals surface area (Å²) >= 11 is 0. The number of hydrogen-bond acceptors (Lipinski definition) is 4. The van der Waals surface area contributed by atoms with Crippen LogP contribution in [0.2, 0.25) is 0 Å². The summed E-state index contributed by atoms with van der Waals surface area (Å²) in [5.41, 5.74) is 0.502. The maximum Gasteiger partial charge on any atom is 0.251 e. The fourth-order valence-corrected chi connectivity index (χ4v) is 4.16. The fourth-order valence-electron chi connectivity index (χ4n) is 4.16. The van der Waals surface area contributed by atoms with Crippen molar-refractivity contribution in [1.82, 2.24) is 10.2 Å². The number of amides is 2. The zero-order valence-electron chi connectivity index (χ0n) is 15.8. The second kappa shape index (κ2) is 8.90. The second-order valence-corrected chi connectivity index (χ2v) is 7.40. The number of hydrogen-bond donors (Lipinski definition) is 1. The molecule has 0 aromatic heterocycles. The van der Waals surface area contributed by atoms with Gasteiger partial charge in [-0.1, -0.05) is 19.3 Å². The Labute approximate surface area is 160 Å². The van der Waals surface area contributed by atoms with E-state index in [4.69, 9.17) is 4.74 Å². The Balaban J connectivity index is 1.77. The number of likely N-dealkylation sites (tertiary alicyclic amines) is 1. The van der Waals surface area contributed by atoms with Gasteiger partial charge < -0.3 is 15.0 Å². The van der Waals surface area contributed by atoms with Gasteiger partial charge in [0, 0.05) is 12.1 Å². The monoisotopic (exact) mass is 369 g/mol. The molecule has 1 saturated carbocycles. The van der Waals surface area contributed by atoms with Crippen molar-refractivity contribution in [2.75, 3.05) is 13.7 Å². The molecule has 6 heteroatoms. The summed E-state index contributed by atoms with van der Waals surface area (Å²) < 4.78 is 5.13. The minimum absolute atomic E-state index is 0.104. The number of rotatable bonds is 5. The topological polar surface area (TPSA) is 82.4 Å². The Morgan fingerprint density at radius 3 is 2.48 bits per heavy atom. The van der Waals surface area contributed by atoms with Crippen LogP contribution in [-0.2, 0) is 4.79 Å². The van der Waals surface area contributed by atoms with Gasteiger partial charge in [-0.05, 0) is 55.9 Å². The van der Waals surface area contributed by atoms with Crippen molar-refractivity contribution in [2.24, 2.45) is 5.92 Å². The van der Waals surface area contributed by atoms with E-state index in [1.807, 2.05) is 0 Å². The average Bonchev–Trinajstić information content (AvgIpc) is 3.21. The minimum Gasteiger partial charge on any atom is -0.497 e. The van der Waals surface area contributed by atoms with Gasteiger partial charge in [-0.3, -0.25) is 9.59 Å². The van der Waals surface area contributed by atoms with E-state index in [0.29, 0.717) is 24.3 Å². The van der Waals surface area contributed by atoms with Gasteiger partial charge in [0.05, 0.1) is 13.2 Å². The third kappa shape index (κ3) is 4.41. The van der Waals surface area contributed by atoms with Crippen LogP contribution in [-0.4, -0.2) is 42.5 Å². The molecule has 0 spiro atoms. The quantitative estimate of drug-likeness (QED) is 0.865. The predicted octanol–water partition coefficient (Wildman–Crippen LogP) is 2.89. The van der Waals surface area contributed by atoms with E-state index in [2.05, 4.69) is 11.4 Å². The van der Waals surface area contributed by atoms with Gasteiger partial charge in [0.25, 0.3) is 5.91 Å². The second-order valence-electron chi connectivity index (χ2n) is 7.40. The molecular weight excluding hydrogens is 342 g/mol. The van der Waals surface area contributed by atoms with E-state index in [1.165, 1.54) is 6.42 Å². The largest absolute Gasteiger partial charge is 0.497 e. The van der Waals surface area contributed by atoms with Crippen LogP contribution in [0.15, 0.2) is 24.3 Å². The number of ether oxygens (including phenoxy) is 1. The molecular formula is C21H27N3O3. The Morgan fingerprint density at radius 1 is 1.15 bits per heavy atom. The van der Waals surface area contributed by atoms with Crippen LogP contribution in [0.3, 0.4) is 0 Å². The Morgan fingerprint density at radius 2 is 1.85 bits per heavy atom. The van der Waals surface area contributed by atoms with E-state index in [9.17, 15) is 14.9 Å². The molecule has 0 radical (unpaired) electrons. The molecule has 1 aliphatic heterocycles. The number of nitrogens with one attached hydrogen (secondary N) is 1. The van der Waals surface area contributed by atoms with Crippen LogP contribution >= 0.6 is 0 Å². The molecule has 1 aromatic carbocycles. The number of nitriles is 1. The molecule has 2 atom stereocenters. The SMILES string of the molecule is COc1ccc(C(=O)N[C@H](C(=O)N2CCCC2C#N)C2CCCCC2)cc1. The minimum atomic E-state index is -0.561. The molecule has 2 aliphatic rings. The summed E-state index contributed by atoms with van der Waals surface area (Å²) in [6, 6.07) is 8.16. The summed E-state index contributed by atoms with van der Waals surface area (Å²) in [6.45, 7) is 0.596. The first-order valence-corrected chi connectivity index (χ1v) is 9.79. The van der Waals surface area contributed by atoms with Gasteiger partial charge in [-0.15, -0.1) is 0 Å². The van der Waals surface area contributed by atoms with Gasteiger partial charge in [0.15, 0.2) is 0 Å². The van der Waals surface area contributed by atoms with Gasteiger partial charge in [-0.25, -0.2) is 0 Å². The highest BCUT2D eigenvalue weighted by molar-refractivity contribution is 5.97. The molecule has 1 unspecified atom stereocenters. The lowest BCUT2D eigenvalue weighted by Crippen LogP contribution is -2.53. The maximum absolute atomic E-state index is 13.2. The van der Waals surface area contributed by atoms with E-state index in [-0.39, 0.29) is 23.8 Å². The van der Waals surface area contributed by atoms with E-state index in [0.717, 1.165) is 32.1 Å². The van der Waals surface area contributed by atoms with Crippen molar-refractivity contribution in [3.8, 4) is 11.8 Å². The molecule has 144 valence electrons. The zero-order valence-corrected chi connectivity index (χ0v) is 15.8. The smallest absolute Gasteiger partial charge is 0.251 e. The first-order chi connectivity index (χ1) is 13.1. The van der Waals surface area contributed by atoms with Crippen molar-refractivity contribution in [2.45, 2.75) is 57.0 Å². The highest BCUT2D eigenvalue weighted by Gasteiger charge is 2.38. The van der Waals surface area contributed by atoms with Gasteiger partial charge in [0.2, 0.25) is 5.91 Å². The molecule has 1 N–H and O–H groups in total. The van der Waals surface area contributed by atoms with E-state index < -0.39 is 6.04 Å². The molecule has 2 amide bonds. The van der Waals surface area contributed by atoms with Crippen molar-refractivity contribution >= 4 is 11.8 Å². The average molecular weight is 369 g/mol. The van der Waals surface area contributed by atoms with Gasteiger partial charge in [-0.2, -0.15) is 5.26 Å². The van der Waals surface area contributed by atoms with Crippen molar-refractivity contribution < 1.29 is 14.3 Å².